The van der Waals surface area contributed by atoms with Crippen LogP contribution < -0.4 is 0 Å². The maximum atomic E-state index is 9.11. The second kappa shape index (κ2) is 13.5. The summed E-state index contributed by atoms with van der Waals surface area (Å²) in [6, 6.07) is 0. The Labute approximate surface area is 120 Å². The van der Waals surface area contributed by atoms with E-state index < -0.39 is 18.1 Å². The van der Waals surface area contributed by atoms with Gasteiger partial charge in [0, 0.05) is 22.4 Å². The molecular formula is C6H16NiO6S4. The van der Waals surface area contributed by atoms with Crippen LogP contribution in [0.2, 0.25) is 5.39 Å². The molecule has 0 bridgehead atoms. The number of rotatable bonds is 4. The second-order valence-corrected chi connectivity index (χ2v) is 7.36. The van der Waals surface area contributed by atoms with Gasteiger partial charge in [-0.25, -0.2) is 0 Å². The fraction of sp³-hybridized carbons (Fsp3) is 0.833. The molecule has 0 aliphatic carbocycles. The van der Waals surface area contributed by atoms with Gasteiger partial charge in [0.05, 0.1) is 0 Å². The Morgan fingerprint density at radius 3 is 1.41 bits per heavy atom. The van der Waals surface area contributed by atoms with E-state index in [4.69, 9.17) is 26.6 Å². The van der Waals surface area contributed by atoms with Gasteiger partial charge in [0.2, 0.25) is 0 Å². The molecule has 0 fully saturated rings. The molecule has 17 heavy (non-hydrogen) atoms. The summed E-state index contributed by atoms with van der Waals surface area (Å²) < 4.78 is 47.9. The zero-order valence-electron chi connectivity index (χ0n) is 8.80. The van der Waals surface area contributed by atoms with E-state index in [1.54, 1.807) is 0 Å². The molecule has 0 aromatic carbocycles. The van der Waals surface area contributed by atoms with Crippen molar-refractivity contribution in [1.82, 2.24) is 0 Å². The average Bonchev–Trinajstić information content (AvgIpc) is 1.99. The van der Waals surface area contributed by atoms with Crippen molar-refractivity contribution in [3.8, 4) is 0 Å². The van der Waals surface area contributed by atoms with Crippen LogP contribution in [0.15, 0.2) is 0 Å². The quantitative estimate of drug-likeness (QED) is 0.436. The molecule has 0 heterocycles. The van der Waals surface area contributed by atoms with Gasteiger partial charge in [-0.2, -0.15) is 8.42 Å². The Balaban J connectivity index is -0.000000177. The third kappa shape index (κ3) is 151. The third-order valence-electron chi connectivity index (χ3n) is 0.862. The molecule has 0 aromatic rings. The summed E-state index contributed by atoms with van der Waals surface area (Å²) in [4.78, 5) is 0. The monoisotopic (exact) mass is 370 g/mol. The van der Waals surface area contributed by atoms with Crippen molar-refractivity contribution in [1.29, 1.82) is 0 Å². The van der Waals surface area contributed by atoms with Crippen molar-refractivity contribution in [2.75, 3.05) is 0 Å². The van der Waals surface area contributed by atoms with Gasteiger partial charge in [-0.05, 0) is 0 Å². The molecule has 0 amide bonds. The molecule has 0 aliphatic heterocycles. The van der Waals surface area contributed by atoms with Crippen LogP contribution in [0.3, 0.4) is 0 Å². The first-order valence-electron chi connectivity index (χ1n) is 4.12. The summed E-state index contributed by atoms with van der Waals surface area (Å²) in [5.74, 6) is 0. The van der Waals surface area contributed by atoms with Gasteiger partial charge >= 0.3 is 53.5 Å². The Kier molecular flexibility index (Phi) is 18.4. The minimum atomic E-state index is -3.83. The fourth-order valence-corrected chi connectivity index (χ4v) is 0.680. The summed E-state index contributed by atoms with van der Waals surface area (Å²) in [6.45, 7) is 3.73. The molecular weight excluding hydrogens is 355 g/mol. The van der Waals surface area contributed by atoms with Crippen molar-refractivity contribution in [3.05, 3.63) is 6.92 Å². The van der Waals surface area contributed by atoms with Crippen LogP contribution in [-0.4, -0.2) is 26.6 Å². The number of hydrogen-bond donors (Lipinski definition) is 4. The van der Waals surface area contributed by atoms with E-state index in [9.17, 15) is 0 Å². The maximum absolute atomic E-state index is 9.11. The van der Waals surface area contributed by atoms with E-state index >= 15 is 0 Å². The standard InChI is InChI=1S/C6H12.Ni.2H2O3S2/c1-3-5-6-4-2;;2*1-5(2,3)4/h1-6H2;;2*(H2,1,2,3,4). The topological polar surface area (TPSA) is 115 Å². The molecule has 110 valence electrons. The van der Waals surface area contributed by atoms with E-state index in [1.165, 1.54) is 19.3 Å². The zero-order valence-corrected chi connectivity index (χ0v) is 13.1. The van der Waals surface area contributed by atoms with Crippen molar-refractivity contribution in [2.45, 2.75) is 31.1 Å². The normalized spacial score (nSPS) is 10.8. The van der Waals surface area contributed by atoms with Crippen molar-refractivity contribution < 1.29 is 42.1 Å². The van der Waals surface area contributed by atoms with Crippen LogP contribution in [0.25, 0.3) is 0 Å². The molecule has 0 aromatic heterocycles. The minimum absolute atomic E-state index is 0.958. The van der Waals surface area contributed by atoms with Crippen molar-refractivity contribution >= 4 is 40.5 Å². The predicted octanol–water partition coefficient (Wildman–Crippen LogP) is 1.70. The van der Waals surface area contributed by atoms with Crippen LogP contribution in [0.4, 0.5) is 0 Å². The van der Waals surface area contributed by atoms with E-state index in [-0.39, 0.29) is 0 Å². The van der Waals surface area contributed by atoms with Crippen LogP contribution in [-0.2, 0) is 55.9 Å². The summed E-state index contributed by atoms with van der Waals surface area (Å²) in [7, 11) is -7.67. The van der Waals surface area contributed by atoms with Gasteiger partial charge in [0.1, 0.15) is 0 Å². The van der Waals surface area contributed by atoms with Gasteiger partial charge in [-0.3, -0.25) is 18.2 Å². The SMILES string of the molecule is O=S(O)(O)=S.O=S(O)(O)=S.[CH2]CCCC[CH2][Ni]. The Morgan fingerprint density at radius 2 is 1.24 bits per heavy atom. The third-order valence-corrected chi connectivity index (χ3v) is 1.21. The van der Waals surface area contributed by atoms with Crippen molar-refractivity contribution in [2.24, 2.45) is 0 Å². The van der Waals surface area contributed by atoms with Gasteiger partial charge in [-0.1, -0.05) is 0 Å². The molecule has 4 N–H and O–H groups in total. The summed E-state index contributed by atoms with van der Waals surface area (Å²) in [6.07, 6.45) is 4.82. The molecule has 1 radical (unpaired) electrons. The van der Waals surface area contributed by atoms with Gasteiger partial charge in [0.15, 0.2) is 0 Å². The van der Waals surface area contributed by atoms with Crippen LogP contribution in [0, 0.1) is 6.92 Å². The molecule has 0 saturated heterocycles. The molecule has 0 rings (SSSR count). The number of hydrogen-bond acceptors (Lipinski definition) is 4. The first kappa shape index (κ1) is 23.2. The summed E-state index contributed by atoms with van der Waals surface area (Å²) in [5, 5.41) is 0.958. The molecule has 0 unspecified atom stereocenters. The van der Waals surface area contributed by atoms with Gasteiger partial charge in [-0.15, -0.1) is 0 Å². The Morgan fingerprint density at radius 1 is 0.941 bits per heavy atom. The summed E-state index contributed by atoms with van der Waals surface area (Å²) in [5.41, 5.74) is 0. The Hall–Kier alpha value is 1.07. The molecule has 0 atom stereocenters. The second-order valence-electron chi connectivity index (χ2n) is 2.47. The van der Waals surface area contributed by atoms with Crippen LogP contribution in [0.1, 0.15) is 25.7 Å². The zero-order chi connectivity index (χ0) is 14.5. The first-order valence-corrected chi connectivity index (χ1v) is 9.61. The Bertz CT molecular complexity index is 288. The molecule has 0 aliphatic rings. The summed E-state index contributed by atoms with van der Waals surface area (Å²) >= 11 is 11.4. The van der Waals surface area contributed by atoms with Crippen molar-refractivity contribution in [3.63, 3.8) is 0 Å². The van der Waals surface area contributed by atoms with Crippen LogP contribution in [0.5, 0.6) is 0 Å². The van der Waals surface area contributed by atoms with Crippen LogP contribution >= 0.6 is 0 Å². The fourth-order valence-electron chi connectivity index (χ4n) is 0.433. The average molecular weight is 371 g/mol. The molecule has 0 spiro atoms. The van der Waals surface area contributed by atoms with E-state index in [1.807, 2.05) is 0 Å². The van der Waals surface area contributed by atoms with E-state index in [2.05, 4.69) is 44.8 Å². The van der Waals surface area contributed by atoms with E-state index in [0.29, 0.717) is 0 Å². The van der Waals surface area contributed by atoms with E-state index in [0.717, 1.165) is 11.8 Å². The molecule has 0 saturated carbocycles. The van der Waals surface area contributed by atoms with Gasteiger partial charge < -0.3 is 0 Å². The predicted molar refractivity (Wildman–Crippen MR) is 70.2 cm³/mol. The van der Waals surface area contributed by atoms with Gasteiger partial charge in [0.25, 0.3) is 18.1 Å². The first-order chi connectivity index (χ1) is 7.41. The number of unbranched alkanes of at least 4 members (excludes halogenated alkanes) is 3. The molecule has 6 nitrogen and oxygen atoms in total. The molecule has 11 heteroatoms.